The third-order valence-electron chi connectivity index (χ3n) is 1.66. The summed E-state index contributed by atoms with van der Waals surface area (Å²) in [6.45, 7) is 17.5. The van der Waals surface area contributed by atoms with Crippen LogP contribution in [0.25, 0.3) is 0 Å². The van der Waals surface area contributed by atoms with E-state index in [1.165, 1.54) is 20.1 Å². The zero-order chi connectivity index (χ0) is 21.7. The lowest BCUT2D eigenvalue weighted by Crippen LogP contribution is -2.08. The number of allylic oxidation sites excluding steroid dienone is 1. The first-order chi connectivity index (χ1) is 11.9. The highest BCUT2D eigenvalue weighted by atomic mass is 16.5. The third kappa shape index (κ3) is 32.7. The number of aliphatic hydroxyl groups is 1. The summed E-state index contributed by atoms with van der Waals surface area (Å²) in [7, 11) is 1.33. The van der Waals surface area contributed by atoms with Gasteiger partial charge in [-0.15, -0.1) is 0 Å². The zero-order valence-corrected chi connectivity index (χ0v) is 15.7. The van der Waals surface area contributed by atoms with Crippen molar-refractivity contribution in [3.63, 3.8) is 0 Å². The molecule has 0 fully saturated rings. The highest BCUT2D eigenvalue weighted by Gasteiger charge is 1.99. The van der Waals surface area contributed by atoms with Crippen LogP contribution in [0.3, 0.4) is 0 Å². The number of nitrogens with zero attached hydrogens (tertiary/aromatic N) is 1. The molecule has 8 nitrogen and oxygen atoms in total. The van der Waals surface area contributed by atoms with Gasteiger partial charge in [0.15, 0.2) is 0 Å². The Hall–Kier alpha value is -3.18. The Morgan fingerprint density at radius 1 is 1.04 bits per heavy atom. The normalized spacial score (nSPS) is 7.38. The Labute approximate surface area is 154 Å². The Morgan fingerprint density at radius 3 is 1.50 bits per heavy atom. The molecule has 0 bridgehead atoms. The van der Waals surface area contributed by atoms with Gasteiger partial charge in [-0.1, -0.05) is 26.3 Å². The van der Waals surface area contributed by atoms with Crippen molar-refractivity contribution in [2.45, 2.75) is 20.8 Å². The van der Waals surface area contributed by atoms with Crippen molar-refractivity contribution in [2.75, 3.05) is 20.3 Å². The number of carboxylic acid groups (broad SMARTS) is 1. The lowest BCUT2D eigenvalue weighted by Gasteiger charge is -1.99. The van der Waals surface area contributed by atoms with Crippen molar-refractivity contribution in [3.8, 4) is 6.07 Å². The number of hydrogen-bond donors (Lipinski definition) is 2. The predicted molar refractivity (Wildman–Crippen MR) is 97.9 cm³/mol. The fourth-order valence-corrected chi connectivity index (χ4v) is 0.436. The van der Waals surface area contributed by atoms with Crippen LogP contribution >= 0.6 is 0 Å². The summed E-state index contributed by atoms with van der Waals surface area (Å²) >= 11 is 0. The van der Waals surface area contributed by atoms with Crippen LogP contribution < -0.4 is 0 Å². The van der Waals surface area contributed by atoms with Gasteiger partial charge in [0.25, 0.3) is 0 Å². The molecule has 0 aromatic rings. The van der Waals surface area contributed by atoms with Crippen molar-refractivity contribution in [3.05, 3.63) is 49.1 Å². The van der Waals surface area contributed by atoms with Gasteiger partial charge < -0.3 is 19.7 Å². The van der Waals surface area contributed by atoms with Crippen LogP contribution in [0.4, 0.5) is 0 Å². The van der Waals surface area contributed by atoms with E-state index in [1.54, 1.807) is 19.9 Å². The first-order valence-electron chi connectivity index (χ1n) is 6.99. The molecule has 0 saturated heterocycles. The van der Waals surface area contributed by atoms with Gasteiger partial charge in [0, 0.05) is 22.8 Å². The molecular formula is C18H27NO7. The van der Waals surface area contributed by atoms with Crippen LogP contribution in [0, 0.1) is 11.3 Å². The van der Waals surface area contributed by atoms with Crippen LogP contribution in [-0.4, -0.2) is 48.4 Å². The summed E-state index contributed by atoms with van der Waals surface area (Å²) < 4.78 is 8.74. The molecule has 0 radical (unpaired) electrons. The number of esters is 2. The topological polar surface area (TPSA) is 134 Å². The number of nitriles is 1. The number of hydrogen-bond acceptors (Lipinski definition) is 7. The molecule has 0 rings (SSSR count). The molecule has 146 valence electrons. The van der Waals surface area contributed by atoms with E-state index in [2.05, 4.69) is 35.8 Å². The van der Waals surface area contributed by atoms with Crippen LogP contribution in [0.1, 0.15) is 20.8 Å². The summed E-state index contributed by atoms with van der Waals surface area (Å²) in [6.07, 6.45) is 1.18. The maximum atomic E-state index is 10.5. The molecule has 0 unspecified atom stereocenters. The zero-order valence-electron chi connectivity index (χ0n) is 15.7. The smallest absolute Gasteiger partial charge is 0.333 e. The largest absolute Gasteiger partial charge is 0.478 e. The summed E-state index contributed by atoms with van der Waals surface area (Å²) in [5, 5.41) is 23.6. The number of aliphatic hydroxyl groups excluding tert-OH is 1. The lowest BCUT2D eigenvalue weighted by molar-refractivity contribution is -0.140. The Morgan fingerprint density at radius 2 is 1.38 bits per heavy atom. The number of carbonyl (C=O) groups is 3. The first-order valence-corrected chi connectivity index (χ1v) is 6.99. The number of aliphatic carboxylic acids is 1. The average molecular weight is 369 g/mol. The highest BCUT2D eigenvalue weighted by molar-refractivity contribution is 5.87. The minimum absolute atomic E-state index is 0.0473. The quantitative estimate of drug-likeness (QED) is 0.428. The number of carbonyl (C=O) groups excluding carboxylic acids is 2. The SMILES string of the molecule is C=C(C)C(=O)O.C=C(C)C(=O)OC.C=C(C)C(=O)OCCO.C=CC#N. The van der Waals surface area contributed by atoms with E-state index < -0.39 is 11.9 Å². The van der Waals surface area contributed by atoms with Crippen molar-refractivity contribution in [1.29, 1.82) is 5.26 Å². The lowest BCUT2D eigenvalue weighted by atomic mass is 10.4. The summed E-state index contributed by atoms with van der Waals surface area (Å²) in [5.41, 5.74) is 0.959. The van der Waals surface area contributed by atoms with Crippen molar-refractivity contribution in [1.82, 2.24) is 0 Å². The molecule has 0 aromatic carbocycles. The summed E-state index contributed by atoms with van der Waals surface area (Å²) in [6, 6.07) is 1.69. The number of carboxylic acids is 1. The highest BCUT2D eigenvalue weighted by Crippen LogP contribution is 1.90. The van der Waals surface area contributed by atoms with Crippen molar-refractivity contribution >= 4 is 17.9 Å². The Bertz CT molecular complexity index is 530. The maximum absolute atomic E-state index is 10.5. The van der Waals surface area contributed by atoms with Gasteiger partial charge >= 0.3 is 17.9 Å². The average Bonchev–Trinajstić information content (AvgIpc) is 2.59. The van der Waals surface area contributed by atoms with E-state index in [0.29, 0.717) is 11.1 Å². The predicted octanol–water partition coefficient (Wildman–Crippen LogP) is 2.18. The van der Waals surface area contributed by atoms with Crippen LogP contribution in [0.15, 0.2) is 49.1 Å². The van der Waals surface area contributed by atoms with Gasteiger partial charge in [0.2, 0.25) is 0 Å². The maximum Gasteiger partial charge on any atom is 0.333 e. The molecule has 0 aliphatic heterocycles. The number of methoxy groups -OCH3 is 1. The monoisotopic (exact) mass is 369 g/mol. The van der Waals surface area contributed by atoms with Gasteiger partial charge in [-0.05, 0) is 20.8 Å². The van der Waals surface area contributed by atoms with Crippen LogP contribution in [-0.2, 0) is 23.9 Å². The molecule has 8 heteroatoms. The second-order valence-electron chi connectivity index (χ2n) is 4.33. The second kappa shape index (κ2) is 21.8. The van der Waals surface area contributed by atoms with Gasteiger partial charge in [0.1, 0.15) is 6.61 Å². The second-order valence-corrected chi connectivity index (χ2v) is 4.33. The van der Waals surface area contributed by atoms with Gasteiger partial charge in [-0.3, -0.25) is 0 Å². The van der Waals surface area contributed by atoms with Crippen molar-refractivity contribution in [2.24, 2.45) is 0 Å². The standard InChI is InChI=1S/C6H10O3.C5H8O2.C4H6O2.C3H3N/c1-5(2)6(8)9-4-3-7;1-4(2)5(6)7-3;1-3(2)4(5)6;1-2-3-4/h7H,1,3-4H2,2H3;1H2,2-3H3;1H2,2H3,(H,5,6);2H,1H2. The molecule has 0 aromatic heterocycles. The van der Waals surface area contributed by atoms with E-state index in [4.69, 9.17) is 15.5 Å². The van der Waals surface area contributed by atoms with Gasteiger partial charge in [-0.25, -0.2) is 14.4 Å². The minimum atomic E-state index is -0.935. The van der Waals surface area contributed by atoms with E-state index in [1.807, 2.05) is 0 Å². The van der Waals surface area contributed by atoms with E-state index in [0.717, 1.165) is 0 Å². The first kappa shape index (κ1) is 30.7. The van der Waals surface area contributed by atoms with E-state index in [9.17, 15) is 14.4 Å². The molecule has 0 atom stereocenters. The van der Waals surface area contributed by atoms with Gasteiger partial charge in [-0.2, -0.15) is 5.26 Å². The Kier molecular flexibility index (Phi) is 25.7. The molecular weight excluding hydrogens is 342 g/mol. The molecule has 0 amide bonds. The van der Waals surface area contributed by atoms with E-state index in [-0.39, 0.29) is 24.8 Å². The molecule has 0 aliphatic rings. The van der Waals surface area contributed by atoms with E-state index >= 15 is 0 Å². The molecule has 0 saturated carbocycles. The molecule has 26 heavy (non-hydrogen) atoms. The third-order valence-corrected chi connectivity index (χ3v) is 1.66. The van der Waals surface area contributed by atoms with Crippen LogP contribution in [0.2, 0.25) is 0 Å². The fraction of sp³-hybridized carbons (Fsp3) is 0.333. The summed E-state index contributed by atoms with van der Waals surface area (Å²) in [4.78, 5) is 30.3. The number of ether oxygens (including phenoxy) is 2. The van der Waals surface area contributed by atoms with Crippen LogP contribution in [0.5, 0.6) is 0 Å². The number of rotatable bonds is 5. The van der Waals surface area contributed by atoms with Gasteiger partial charge in [0.05, 0.1) is 19.8 Å². The molecule has 0 aliphatic carbocycles. The van der Waals surface area contributed by atoms with Crippen molar-refractivity contribution < 1.29 is 34.1 Å². The fourth-order valence-electron chi connectivity index (χ4n) is 0.436. The Balaban J connectivity index is -0.000000129. The minimum Gasteiger partial charge on any atom is -0.478 e. The summed E-state index contributed by atoms with van der Waals surface area (Å²) in [5.74, 6) is -1.74. The molecule has 0 spiro atoms. The molecule has 0 heterocycles. The molecule has 2 N–H and O–H groups in total.